The summed E-state index contributed by atoms with van der Waals surface area (Å²) >= 11 is 3.23. The minimum Gasteiger partial charge on any atom is -0.495 e. The summed E-state index contributed by atoms with van der Waals surface area (Å²) in [5.41, 5.74) is 1.08. The highest BCUT2D eigenvalue weighted by molar-refractivity contribution is 9.10. The molecule has 6 heteroatoms. The Morgan fingerprint density at radius 3 is 2.50 bits per heavy atom. The van der Waals surface area contributed by atoms with Crippen molar-refractivity contribution < 1.29 is 9.13 Å². The molecule has 1 aliphatic heterocycles. The van der Waals surface area contributed by atoms with E-state index in [1.54, 1.807) is 13.3 Å². The van der Waals surface area contributed by atoms with Crippen molar-refractivity contribution in [1.82, 2.24) is 4.98 Å². The predicted octanol–water partition coefficient (Wildman–Crippen LogP) is 3.32. The highest BCUT2D eigenvalue weighted by Gasteiger charge is 2.22. The Bertz CT molecular complexity index is 660. The number of halogens is 2. The van der Waals surface area contributed by atoms with Crippen molar-refractivity contribution in [3.63, 3.8) is 0 Å². The Morgan fingerprint density at radius 2 is 1.82 bits per heavy atom. The number of para-hydroxylation sites is 2. The Labute approximate surface area is 137 Å². The van der Waals surface area contributed by atoms with Crippen LogP contribution in [0.25, 0.3) is 0 Å². The van der Waals surface area contributed by atoms with Crippen LogP contribution in [0.1, 0.15) is 0 Å². The van der Waals surface area contributed by atoms with Gasteiger partial charge in [0.2, 0.25) is 0 Å². The van der Waals surface area contributed by atoms with Crippen molar-refractivity contribution in [3.8, 4) is 5.75 Å². The standard InChI is InChI=1S/C16H17BrFN3O/c1-22-15-5-3-2-4-14(15)20-6-8-21(9-7-20)16-13(18)10-12(17)11-19-16/h2-5,10-11H,6-9H2,1H3. The lowest BCUT2D eigenvalue weighted by Crippen LogP contribution is -2.47. The minimum atomic E-state index is -0.292. The summed E-state index contributed by atoms with van der Waals surface area (Å²) in [5.74, 6) is 0.992. The fourth-order valence-electron chi connectivity index (χ4n) is 2.69. The van der Waals surface area contributed by atoms with Gasteiger partial charge in [-0.2, -0.15) is 0 Å². The number of aromatic nitrogens is 1. The van der Waals surface area contributed by atoms with Crippen molar-refractivity contribution in [3.05, 3.63) is 46.8 Å². The van der Waals surface area contributed by atoms with Gasteiger partial charge in [-0.15, -0.1) is 0 Å². The quantitative estimate of drug-likeness (QED) is 0.834. The van der Waals surface area contributed by atoms with Crippen molar-refractivity contribution in [1.29, 1.82) is 0 Å². The van der Waals surface area contributed by atoms with E-state index >= 15 is 0 Å². The van der Waals surface area contributed by atoms with Gasteiger partial charge in [-0.05, 0) is 34.1 Å². The highest BCUT2D eigenvalue weighted by Crippen LogP contribution is 2.29. The maximum atomic E-state index is 14.0. The third kappa shape index (κ3) is 3.02. The number of piperazine rings is 1. The molecule has 0 amide bonds. The molecule has 2 aromatic rings. The van der Waals surface area contributed by atoms with Gasteiger partial charge in [0, 0.05) is 36.8 Å². The zero-order valence-corrected chi connectivity index (χ0v) is 13.9. The molecule has 1 fully saturated rings. The molecule has 22 heavy (non-hydrogen) atoms. The van der Waals surface area contributed by atoms with E-state index < -0.39 is 0 Å². The summed E-state index contributed by atoms with van der Waals surface area (Å²) < 4.78 is 20.1. The van der Waals surface area contributed by atoms with Crippen LogP contribution in [0.15, 0.2) is 41.0 Å². The van der Waals surface area contributed by atoms with E-state index in [4.69, 9.17) is 4.74 Å². The van der Waals surface area contributed by atoms with E-state index in [1.807, 2.05) is 29.2 Å². The van der Waals surface area contributed by atoms with E-state index in [1.165, 1.54) is 6.07 Å². The van der Waals surface area contributed by atoms with E-state index in [0.717, 1.165) is 37.6 Å². The van der Waals surface area contributed by atoms with E-state index in [-0.39, 0.29) is 5.82 Å². The average Bonchev–Trinajstić information content (AvgIpc) is 2.55. The van der Waals surface area contributed by atoms with Crippen molar-refractivity contribution >= 4 is 27.4 Å². The van der Waals surface area contributed by atoms with Crippen LogP contribution in [-0.4, -0.2) is 38.3 Å². The highest BCUT2D eigenvalue weighted by atomic mass is 79.9. The number of pyridine rings is 1. The van der Waals surface area contributed by atoms with Gasteiger partial charge in [-0.1, -0.05) is 12.1 Å². The van der Waals surface area contributed by atoms with Gasteiger partial charge in [0.1, 0.15) is 5.75 Å². The summed E-state index contributed by atoms with van der Waals surface area (Å²) in [4.78, 5) is 8.43. The van der Waals surface area contributed by atoms with E-state index in [2.05, 4.69) is 25.8 Å². The Morgan fingerprint density at radius 1 is 1.14 bits per heavy atom. The zero-order chi connectivity index (χ0) is 15.5. The first-order valence-electron chi connectivity index (χ1n) is 7.13. The fraction of sp³-hybridized carbons (Fsp3) is 0.312. The maximum absolute atomic E-state index is 14.0. The molecule has 0 atom stereocenters. The molecular weight excluding hydrogens is 349 g/mol. The number of nitrogens with zero attached hydrogens (tertiary/aromatic N) is 3. The second-order valence-electron chi connectivity index (χ2n) is 5.10. The maximum Gasteiger partial charge on any atom is 0.166 e. The first kappa shape index (κ1) is 15.1. The van der Waals surface area contributed by atoms with Crippen molar-refractivity contribution in [2.24, 2.45) is 0 Å². The number of benzene rings is 1. The van der Waals surface area contributed by atoms with Gasteiger partial charge in [0.25, 0.3) is 0 Å². The topological polar surface area (TPSA) is 28.6 Å². The Kier molecular flexibility index (Phi) is 4.47. The molecule has 0 N–H and O–H groups in total. The molecule has 0 saturated carbocycles. The molecule has 0 radical (unpaired) electrons. The monoisotopic (exact) mass is 365 g/mol. The summed E-state index contributed by atoms with van der Waals surface area (Å²) in [6.45, 7) is 3.06. The third-order valence-corrected chi connectivity index (χ3v) is 4.23. The van der Waals surface area contributed by atoms with Crippen LogP contribution in [0, 0.1) is 5.82 Å². The zero-order valence-electron chi connectivity index (χ0n) is 12.3. The molecule has 1 aromatic heterocycles. The molecule has 0 aliphatic carbocycles. The summed E-state index contributed by atoms with van der Waals surface area (Å²) in [5, 5.41) is 0. The number of hydrogen-bond acceptors (Lipinski definition) is 4. The number of rotatable bonds is 3. The molecule has 0 unspecified atom stereocenters. The first-order valence-corrected chi connectivity index (χ1v) is 7.92. The molecule has 2 heterocycles. The van der Waals surface area contributed by atoms with Crippen LogP contribution in [0.5, 0.6) is 5.75 Å². The molecule has 0 spiro atoms. The van der Waals surface area contributed by atoms with Crippen molar-refractivity contribution in [2.45, 2.75) is 0 Å². The smallest absolute Gasteiger partial charge is 0.166 e. The van der Waals surface area contributed by atoms with Crippen LogP contribution in [0.2, 0.25) is 0 Å². The van der Waals surface area contributed by atoms with Crippen LogP contribution >= 0.6 is 15.9 Å². The van der Waals surface area contributed by atoms with Gasteiger partial charge >= 0.3 is 0 Å². The number of anilines is 2. The van der Waals surface area contributed by atoms with Crippen LogP contribution in [-0.2, 0) is 0 Å². The lowest BCUT2D eigenvalue weighted by molar-refractivity contribution is 0.413. The molecule has 0 bridgehead atoms. The summed E-state index contributed by atoms with van der Waals surface area (Å²) in [6, 6.07) is 9.42. The normalized spacial score (nSPS) is 15.0. The van der Waals surface area contributed by atoms with Crippen LogP contribution in [0.4, 0.5) is 15.9 Å². The average molecular weight is 366 g/mol. The molecule has 1 aromatic carbocycles. The van der Waals surface area contributed by atoms with Gasteiger partial charge in [-0.3, -0.25) is 0 Å². The van der Waals surface area contributed by atoms with E-state index in [0.29, 0.717) is 10.3 Å². The van der Waals surface area contributed by atoms with Gasteiger partial charge in [0.15, 0.2) is 11.6 Å². The second kappa shape index (κ2) is 6.52. The largest absolute Gasteiger partial charge is 0.495 e. The predicted molar refractivity (Wildman–Crippen MR) is 89.3 cm³/mol. The summed E-state index contributed by atoms with van der Waals surface area (Å²) in [7, 11) is 1.68. The second-order valence-corrected chi connectivity index (χ2v) is 6.02. The van der Waals surface area contributed by atoms with E-state index in [9.17, 15) is 4.39 Å². The van der Waals surface area contributed by atoms with Crippen LogP contribution < -0.4 is 14.5 Å². The third-order valence-electron chi connectivity index (χ3n) is 3.79. The SMILES string of the molecule is COc1ccccc1N1CCN(c2ncc(Br)cc2F)CC1. The Hall–Kier alpha value is -1.82. The molecule has 1 aliphatic rings. The molecule has 4 nitrogen and oxygen atoms in total. The number of methoxy groups -OCH3 is 1. The molecule has 116 valence electrons. The number of hydrogen-bond donors (Lipinski definition) is 0. The fourth-order valence-corrected chi connectivity index (χ4v) is 2.99. The first-order chi connectivity index (χ1) is 10.7. The van der Waals surface area contributed by atoms with Gasteiger partial charge in [-0.25, -0.2) is 9.37 Å². The van der Waals surface area contributed by atoms with Crippen LogP contribution in [0.3, 0.4) is 0 Å². The lowest BCUT2D eigenvalue weighted by atomic mass is 10.2. The molecule has 1 saturated heterocycles. The molecule has 3 rings (SSSR count). The van der Waals surface area contributed by atoms with Crippen molar-refractivity contribution in [2.75, 3.05) is 43.1 Å². The Balaban J connectivity index is 1.72. The summed E-state index contributed by atoms with van der Waals surface area (Å²) in [6.07, 6.45) is 1.63. The number of ether oxygens (including phenoxy) is 1. The lowest BCUT2D eigenvalue weighted by Gasteiger charge is -2.37. The molecular formula is C16H17BrFN3O. The van der Waals surface area contributed by atoms with Gasteiger partial charge in [0.05, 0.1) is 12.8 Å². The van der Waals surface area contributed by atoms with Gasteiger partial charge < -0.3 is 14.5 Å². The minimum absolute atomic E-state index is 0.292.